The van der Waals surface area contributed by atoms with E-state index in [2.05, 4.69) is 5.32 Å². The van der Waals surface area contributed by atoms with Crippen molar-refractivity contribution in [1.82, 2.24) is 4.57 Å². The second-order valence-electron chi connectivity index (χ2n) is 5.36. The Morgan fingerprint density at radius 3 is 2.57 bits per heavy atom. The van der Waals surface area contributed by atoms with Crippen molar-refractivity contribution in [3.63, 3.8) is 0 Å². The van der Waals surface area contributed by atoms with Gasteiger partial charge in [0.2, 0.25) is 5.91 Å². The minimum absolute atomic E-state index is 0.0572. The van der Waals surface area contributed by atoms with Crippen LogP contribution < -0.4 is 10.9 Å². The molecule has 0 saturated heterocycles. The summed E-state index contributed by atoms with van der Waals surface area (Å²) in [6, 6.07) is 8.80. The van der Waals surface area contributed by atoms with E-state index < -0.39 is 5.56 Å². The molecular formula is C17H16ClN3O2. The Hall–Kier alpha value is -2.58. The molecule has 1 N–H and O–H groups in total. The van der Waals surface area contributed by atoms with Crippen molar-refractivity contribution in [2.45, 2.75) is 27.3 Å². The van der Waals surface area contributed by atoms with E-state index in [1.807, 2.05) is 13.0 Å². The maximum Gasteiger partial charge on any atom is 0.269 e. The van der Waals surface area contributed by atoms with E-state index in [-0.39, 0.29) is 18.0 Å². The Morgan fingerprint density at radius 1 is 1.26 bits per heavy atom. The van der Waals surface area contributed by atoms with Crippen LogP contribution in [0.1, 0.15) is 22.4 Å². The Balaban J connectivity index is 2.26. The number of carbonyl (C=O) groups is 1. The van der Waals surface area contributed by atoms with Crippen LogP contribution in [-0.2, 0) is 11.3 Å². The van der Waals surface area contributed by atoms with Gasteiger partial charge in [-0.3, -0.25) is 9.59 Å². The number of hydrogen-bond acceptors (Lipinski definition) is 3. The maximum absolute atomic E-state index is 12.3. The van der Waals surface area contributed by atoms with Gasteiger partial charge in [0.15, 0.2) is 0 Å². The van der Waals surface area contributed by atoms with Crippen LogP contribution in [0.4, 0.5) is 5.69 Å². The number of benzene rings is 1. The van der Waals surface area contributed by atoms with Gasteiger partial charge < -0.3 is 9.88 Å². The summed E-state index contributed by atoms with van der Waals surface area (Å²) in [5.74, 6) is -0.358. The second-order valence-corrected chi connectivity index (χ2v) is 5.77. The molecular weight excluding hydrogens is 314 g/mol. The second kappa shape index (κ2) is 6.67. The number of pyridine rings is 1. The van der Waals surface area contributed by atoms with Crippen LogP contribution in [0.25, 0.3) is 0 Å². The fraction of sp³-hybridized carbons (Fsp3) is 0.235. The van der Waals surface area contributed by atoms with Gasteiger partial charge in [0.25, 0.3) is 5.56 Å². The summed E-state index contributed by atoms with van der Waals surface area (Å²) in [4.78, 5) is 24.4. The number of rotatable bonds is 3. The monoisotopic (exact) mass is 329 g/mol. The van der Waals surface area contributed by atoms with Gasteiger partial charge in [-0.25, -0.2) is 0 Å². The van der Waals surface area contributed by atoms with Crippen molar-refractivity contribution in [2.75, 3.05) is 5.32 Å². The summed E-state index contributed by atoms with van der Waals surface area (Å²) < 4.78 is 1.29. The number of nitrogens with zero attached hydrogens (tertiary/aromatic N) is 2. The zero-order valence-corrected chi connectivity index (χ0v) is 13.9. The number of anilines is 1. The zero-order valence-electron chi connectivity index (χ0n) is 13.1. The first-order chi connectivity index (χ1) is 10.8. The van der Waals surface area contributed by atoms with E-state index in [0.717, 1.165) is 5.56 Å². The highest BCUT2D eigenvalue weighted by Crippen LogP contribution is 2.19. The lowest BCUT2D eigenvalue weighted by Crippen LogP contribution is -2.31. The molecule has 0 spiro atoms. The SMILES string of the molecule is Cc1ccc(NC(=O)Cn2c(C)cc(C)c(C#N)c2=O)cc1Cl. The predicted molar refractivity (Wildman–Crippen MR) is 89.7 cm³/mol. The maximum atomic E-state index is 12.3. The van der Waals surface area contributed by atoms with Crippen molar-refractivity contribution in [1.29, 1.82) is 5.26 Å². The summed E-state index contributed by atoms with van der Waals surface area (Å²) in [6.07, 6.45) is 0. The molecule has 0 saturated carbocycles. The molecule has 0 fully saturated rings. The van der Waals surface area contributed by atoms with Crippen LogP contribution >= 0.6 is 11.6 Å². The van der Waals surface area contributed by atoms with Crippen LogP contribution in [0.5, 0.6) is 0 Å². The molecule has 2 aromatic rings. The lowest BCUT2D eigenvalue weighted by atomic mass is 10.1. The average Bonchev–Trinajstić information content (AvgIpc) is 2.47. The van der Waals surface area contributed by atoms with Gasteiger partial charge >= 0.3 is 0 Å². The van der Waals surface area contributed by atoms with Gasteiger partial charge in [0.1, 0.15) is 18.2 Å². The summed E-state index contributed by atoms with van der Waals surface area (Å²) in [7, 11) is 0. The average molecular weight is 330 g/mol. The van der Waals surface area contributed by atoms with E-state index in [1.165, 1.54) is 4.57 Å². The molecule has 0 aliphatic heterocycles. The minimum atomic E-state index is -0.456. The summed E-state index contributed by atoms with van der Waals surface area (Å²) in [6.45, 7) is 5.13. The van der Waals surface area contributed by atoms with Gasteiger partial charge in [-0.05, 0) is 50.1 Å². The van der Waals surface area contributed by atoms with Crippen LogP contribution in [0, 0.1) is 32.1 Å². The molecule has 0 aliphatic carbocycles. The smallest absolute Gasteiger partial charge is 0.269 e. The summed E-state index contributed by atoms with van der Waals surface area (Å²) in [5, 5.41) is 12.3. The molecule has 0 aliphatic rings. The Bertz CT molecular complexity index is 879. The van der Waals surface area contributed by atoms with E-state index in [1.54, 1.807) is 38.1 Å². The topological polar surface area (TPSA) is 74.9 Å². The molecule has 2 rings (SSSR count). The largest absolute Gasteiger partial charge is 0.324 e. The molecule has 0 bridgehead atoms. The summed E-state index contributed by atoms with van der Waals surface area (Å²) in [5.41, 5.74) is 2.31. The lowest BCUT2D eigenvalue weighted by Gasteiger charge is -2.12. The lowest BCUT2D eigenvalue weighted by molar-refractivity contribution is -0.116. The third-order valence-electron chi connectivity index (χ3n) is 3.57. The van der Waals surface area contributed by atoms with Crippen molar-refractivity contribution in [3.05, 3.63) is 62.0 Å². The Morgan fingerprint density at radius 2 is 1.96 bits per heavy atom. The number of halogens is 1. The van der Waals surface area contributed by atoms with Crippen molar-refractivity contribution >= 4 is 23.2 Å². The number of nitrogens with one attached hydrogen (secondary N) is 1. The minimum Gasteiger partial charge on any atom is -0.324 e. The van der Waals surface area contributed by atoms with Crippen LogP contribution in [0.3, 0.4) is 0 Å². The number of hydrogen-bond donors (Lipinski definition) is 1. The van der Waals surface area contributed by atoms with E-state index >= 15 is 0 Å². The summed E-state index contributed by atoms with van der Waals surface area (Å²) >= 11 is 6.02. The quantitative estimate of drug-likeness (QED) is 0.940. The molecule has 5 nitrogen and oxygen atoms in total. The predicted octanol–water partition coefficient (Wildman–Crippen LogP) is 2.94. The Labute approximate surface area is 139 Å². The highest BCUT2D eigenvalue weighted by molar-refractivity contribution is 6.31. The number of aromatic nitrogens is 1. The highest BCUT2D eigenvalue weighted by Gasteiger charge is 2.13. The van der Waals surface area contributed by atoms with Gasteiger partial charge in [0.05, 0.1) is 0 Å². The molecule has 6 heteroatoms. The third kappa shape index (κ3) is 3.61. The molecule has 1 aromatic heterocycles. The van der Waals surface area contributed by atoms with Crippen molar-refractivity contribution in [2.24, 2.45) is 0 Å². The molecule has 0 radical (unpaired) electrons. The molecule has 0 unspecified atom stereocenters. The molecule has 1 heterocycles. The number of amides is 1. The standard InChI is InChI=1S/C17H16ClN3O2/c1-10-4-5-13(7-15(10)18)20-16(22)9-21-12(3)6-11(2)14(8-19)17(21)23/h4-7H,9H2,1-3H3,(H,20,22). The first kappa shape index (κ1) is 16.8. The highest BCUT2D eigenvalue weighted by atomic mass is 35.5. The molecule has 1 aromatic carbocycles. The van der Waals surface area contributed by atoms with Crippen molar-refractivity contribution in [3.8, 4) is 6.07 Å². The van der Waals surface area contributed by atoms with Gasteiger partial charge in [0, 0.05) is 16.4 Å². The molecule has 23 heavy (non-hydrogen) atoms. The van der Waals surface area contributed by atoms with E-state index in [0.29, 0.717) is 22.0 Å². The zero-order chi connectivity index (χ0) is 17.1. The fourth-order valence-corrected chi connectivity index (χ4v) is 2.46. The van der Waals surface area contributed by atoms with Gasteiger partial charge in [-0.2, -0.15) is 5.26 Å². The molecule has 0 atom stereocenters. The van der Waals surface area contributed by atoms with E-state index in [4.69, 9.17) is 16.9 Å². The van der Waals surface area contributed by atoms with Crippen LogP contribution in [-0.4, -0.2) is 10.5 Å². The number of aryl methyl sites for hydroxylation is 3. The van der Waals surface area contributed by atoms with Crippen LogP contribution in [0.15, 0.2) is 29.1 Å². The number of nitriles is 1. The normalized spacial score (nSPS) is 10.2. The molecule has 118 valence electrons. The van der Waals surface area contributed by atoms with Crippen LogP contribution in [0.2, 0.25) is 5.02 Å². The fourth-order valence-electron chi connectivity index (χ4n) is 2.27. The molecule has 1 amide bonds. The first-order valence-corrected chi connectivity index (χ1v) is 7.38. The Kier molecular flexibility index (Phi) is 4.87. The first-order valence-electron chi connectivity index (χ1n) is 7.00. The number of carbonyl (C=O) groups excluding carboxylic acids is 1. The third-order valence-corrected chi connectivity index (χ3v) is 3.98. The van der Waals surface area contributed by atoms with E-state index in [9.17, 15) is 9.59 Å². The van der Waals surface area contributed by atoms with Gasteiger partial charge in [-0.1, -0.05) is 17.7 Å². The van der Waals surface area contributed by atoms with Crippen molar-refractivity contribution < 1.29 is 4.79 Å². The van der Waals surface area contributed by atoms with Gasteiger partial charge in [-0.15, -0.1) is 0 Å².